The van der Waals surface area contributed by atoms with Gasteiger partial charge in [-0.2, -0.15) is 0 Å². The van der Waals surface area contributed by atoms with Gasteiger partial charge in [0.15, 0.2) is 12.2 Å². The highest BCUT2D eigenvalue weighted by molar-refractivity contribution is 7.47. The van der Waals surface area contributed by atoms with Crippen LogP contribution in [0.5, 0.6) is 0 Å². The van der Waals surface area contributed by atoms with E-state index in [1.54, 1.807) is 0 Å². The number of phosphoric acid groups is 2. The van der Waals surface area contributed by atoms with E-state index in [1.165, 1.54) is 250 Å². The van der Waals surface area contributed by atoms with Gasteiger partial charge in [0.05, 0.1) is 26.4 Å². The highest BCUT2D eigenvalue weighted by Crippen LogP contribution is 2.45. The molecule has 0 fully saturated rings. The lowest BCUT2D eigenvalue weighted by Crippen LogP contribution is -2.30. The number of allylic oxidation sites excluding steroid dienone is 4. The molecule has 0 aromatic rings. The van der Waals surface area contributed by atoms with E-state index in [0.29, 0.717) is 25.7 Å². The first-order valence-corrected chi connectivity index (χ1v) is 47.8. The fourth-order valence-corrected chi connectivity index (χ4v) is 14.8. The number of rotatable bonds is 85. The molecule has 0 saturated heterocycles. The van der Waals surface area contributed by atoms with Crippen LogP contribution in [0.4, 0.5) is 0 Å². The van der Waals surface area contributed by atoms with Crippen LogP contribution in [0.25, 0.3) is 0 Å². The summed E-state index contributed by atoms with van der Waals surface area (Å²) < 4.78 is 68.9. The van der Waals surface area contributed by atoms with Crippen LogP contribution in [0, 0.1) is 11.8 Å². The lowest BCUT2D eigenvalue weighted by molar-refractivity contribution is -0.161. The van der Waals surface area contributed by atoms with Gasteiger partial charge in [-0.05, 0) is 63.2 Å². The van der Waals surface area contributed by atoms with Gasteiger partial charge in [0, 0.05) is 25.7 Å². The van der Waals surface area contributed by atoms with Crippen molar-refractivity contribution in [1.29, 1.82) is 0 Å². The van der Waals surface area contributed by atoms with E-state index in [1.807, 2.05) is 0 Å². The lowest BCUT2D eigenvalue weighted by atomic mass is 10.0. The van der Waals surface area contributed by atoms with Crippen LogP contribution in [0.3, 0.4) is 0 Å². The molecule has 17 nitrogen and oxygen atoms in total. The highest BCUT2D eigenvalue weighted by atomic mass is 31.2. The molecule has 632 valence electrons. The summed E-state index contributed by atoms with van der Waals surface area (Å²) in [5.74, 6) is -0.504. The van der Waals surface area contributed by atoms with Gasteiger partial charge in [-0.1, -0.05) is 393 Å². The number of hydrogen-bond donors (Lipinski definition) is 3. The van der Waals surface area contributed by atoms with Crippen LogP contribution in [0.1, 0.15) is 446 Å². The summed E-state index contributed by atoms with van der Waals surface area (Å²) in [6.07, 6.45) is 74.3. The molecule has 0 amide bonds. The number of carbonyl (C=O) groups excluding carboxylic acids is 4. The molecule has 0 aromatic heterocycles. The number of aliphatic hydroxyl groups is 1. The van der Waals surface area contributed by atoms with Crippen molar-refractivity contribution in [3.63, 3.8) is 0 Å². The van der Waals surface area contributed by atoms with Crippen molar-refractivity contribution in [1.82, 2.24) is 0 Å². The summed E-state index contributed by atoms with van der Waals surface area (Å²) >= 11 is 0. The Hall–Kier alpha value is -2.46. The van der Waals surface area contributed by atoms with Crippen molar-refractivity contribution in [2.45, 2.75) is 464 Å². The van der Waals surface area contributed by atoms with Gasteiger partial charge in [0.1, 0.15) is 19.3 Å². The molecule has 107 heavy (non-hydrogen) atoms. The molecule has 19 heteroatoms. The summed E-state index contributed by atoms with van der Waals surface area (Å²) in [5.41, 5.74) is 0. The topological polar surface area (TPSA) is 237 Å². The predicted molar refractivity (Wildman–Crippen MR) is 441 cm³/mol. The van der Waals surface area contributed by atoms with Crippen LogP contribution < -0.4 is 0 Å². The normalized spacial score (nSPS) is 13.9. The Kier molecular flexibility index (Phi) is 77.0. The van der Waals surface area contributed by atoms with Crippen molar-refractivity contribution >= 4 is 39.5 Å². The molecule has 0 aliphatic rings. The average Bonchev–Trinajstić information content (AvgIpc) is 0.900. The van der Waals surface area contributed by atoms with Gasteiger partial charge in [0.25, 0.3) is 0 Å². The third-order valence-corrected chi connectivity index (χ3v) is 22.0. The van der Waals surface area contributed by atoms with Crippen LogP contribution in [0.2, 0.25) is 0 Å². The second kappa shape index (κ2) is 78.8. The first-order chi connectivity index (χ1) is 51.9. The van der Waals surface area contributed by atoms with E-state index in [0.717, 1.165) is 115 Å². The molecule has 3 N–H and O–H groups in total. The number of esters is 4. The zero-order valence-electron chi connectivity index (χ0n) is 69.9. The molecule has 2 unspecified atom stereocenters. The number of phosphoric ester groups is 2. The van der Waals surface area contributed by atoms with E-state index in [-0.39, 0.29) is 25.7 Å². The number of hydrogen-bond acceptors (Lipinski definition) is 15. The minimum absolute atomic E-state index is 0.0857. The second-order valence-electron chi connectivity index (χ2n) is 31.9. The molecule has 5 atom stereocenters. The van der Waals surface area contributed by atoms with E-state index < -0.39 is 97.5 Å². The summed E-state index contributed by atoms with van der Waals surface area (Å²) in [6.45, 7) is 9.68. The minimum Gasteiger partial charge on any atom is -0.462 e. The third-order valence-electron chi connectivity index (χ3n) is 20.1. The van der Waals surface area contributed by atoms with Gasteiger partial charge < -0.3 is 33.8 Å². The summed E-state index contributed by atoms with van der Waals surface area (Å²) in [7, 11) is -9.94. The Labute approximate surface area is 656 Å². The minimum atomic E-state index is -4.97. The van der Waals surface area contributed by atoms with E-state index >= 15 is 0 Å². The van der Waals surface area contributed by atoms with Crippen molar-refractivity contribution in [2.24, 2.45) is 11.8 Å². The van der Waals surface area contributed by atoms with Crippen molar-refractivity contribution in [3.05, 3.63) is 24.3 Å². The quantitative estimate of drug-likeness (QED) is 0.0169. The Morgan fingerprint density at radius 3 is 0.766 bits per heavy atom. The molecule has 0 rings (SSSR count). The molecule has 0 aliphatic heterocycles. The maximum absolute atomic E-state index is 13.2. The first kappa shape index (κ1) is 105. The second-order valence-corrected chi connectivity index (χ2v) is 34.8. The smallest absolute Gasteiger partial charge is 0.462 e. The fourth-order valence-electron chi connectivity index (χ4n) is 13.2. The van der Waals surface area contributed by atoms with E-state index in [4.69, 9.17) is 37.0 Å². The Balaban J connectivity index is 5.28. The summed E-state index contributed by atoms with van der Waals surface area (Å²) in [5, 5.41) is 10.7. The zero-order valence-corrected chi connectivity index (χ0v) is 71.7. The van der Waals surface area contributed by atoms with Crippen LogP contribution in [-0.2, 0) is 65.4 Å². The van der Waals surface area contributed by atoms with Crippen LogP contribution in [0.15, 0.2) is 24.3 Å². The Morgan fingerprint density at radius 1 is 0.290 bits per heavy atom. The fraction of sp³-hybridized carbons (Fsp3) is 0.909. The van der Waals surface area contributed by atoms with E-state index in [2.05, 4.69) is 65.8 Å². The third kappa shape index (κ3) is 81.4. The molecule has 0 saturated carbocycles. The monoisotopic (exact) mass is 1560 g/mol. The molecule has 0 aliphatic carbocycles. The average molecular weight is 1560 g/mol. The van der Waals surface area contributed by atoms with Crippen LogP contribution in [-0.4, -0.2) is 96.7 Å². The number of unbranched alkanes of at least 4 members (excludes halogenated alkanes) is 52. The molecule has 0 spiro atoms. The number of carbonyl (C=O) groups is 4. The largest absolute Gasteiger partial charge is 0.472 e. The standard InChI is InChI=1S/C88H168O17P2/c1-7-9-11-13-15-17-19-21-27-36-42-48-54-60-66-72-87(92)104-83(76-98-85(90)70-64-58-52-46-40-32-20-18-16-14-12-10-8-2)78-102-106(94,95)100-74-82(89)75-101-107(96,97)103-79-84(77-99-86(91)71-65-59-53-47-41-35-31-26-29-34-39-45-51-57-63-69-81(5)6)105-88(93)73-67-61-55-49-43-37-30-25-23-22-24-28-33-38-44-50-56-62-68-80(3)4/h17,19,21,27,80-84,89H,7-16,18,20,22-26,28-79H2,1-6H3,(H,94,95)(H,96,97)/b19-17-,27-21-/t82-,83+,84+/m0/s1. The Bertz CT molecular complexity index is 2140. The predicted octanol–water partition coefficient (Wildman–Crippen LogP) is 26.6. The maximum Gasteiger partial charge on any atom is 0.472 e. The Morgan fingerprint density at radius 2 is 0.505 bits per heavy atom. The SMILES string of the molecule is CCCCCC/C=C\C=C/CCCCCCCC(=O)O[C@H](COC(=O)CCCCCCCCCCCCCCC)COP(=O)(O)OC[C@H](O)COP(=O)(O)OC[C@@H](COC(=O)CCCCCCCCCCCCCCCCCC(C)C)OC(=O)CCCCCCCCCCCCCCCCCCCCC(C)C. The van der Waals surface area contributed by atoms with Crippen molar-refractivity contribution in [2.75, 3.05) is 39.6 Å². The summed E-state index contributed by atoms with van der Waals surface area (Å²) in [4.78, 5) is 73.3. The van der Waals surface area contributed by atoms with Crippen molar-refractivity contribution in [3.8, 4) is 0 Å². The molecular weight excluding hydrogens is 1390 g/mol. The van der Waals surface area contributed by atoms with Gasteiger partial charge in [0.2, 0.25) is 0 Å². The molecule has 0 radical (unpaired) electrons. The molecule has 0 bridgehead atoms. The number of aliphatic hydroxyl groups excluding tert-OH is 1. The zero-order chi connectivity index (χ0) is 78.5. The van der Waals surface area contributed by atoms with Crippen LogP contribution >= 0.6 is 15.6 Å². The van der Waals surface area contributed by atoms with Gasteiger partial charge in [-0.25, -0.2) is 9.13 Å². The van der Waals surface area contributed by atoms with Gasteiger partial charge in [-0.15, -0.1) is 0 Å². The molecule has 0 heterocycles. The van der Waals surface area contributed by atoms with Crippen molar-refractivity contribution < 1.29 is 80.2 Å². The van der Waals surface area contributed by atoms with E-state index in [9.17, 15) is 43.2 Å². The van der Waals surface area contributed by atoms with Gasteiger partial charge >= 0.3 is 39.5 Å². The first-order valence-electron chi connectivity index (χ1n) is 44.8. The van der Waals surface area contributed by atoms with Gasteiger partial charge in [-0.3, -0.25) is 37.3 Å². The highest BCUT2D eigenvalue weighted by Gasteiger charge is 2.30. The number of ether oxygens (including phenoxy) is 4. The molecule has 0 aromatic carbocycles. The maximum atomic E-state index is 13.2. The summed E-state index contributed by atoms with van der Waals surface area (Å²) in [6, 6.07) is 0. The molecular formula is C88H168O17P2. The lowest BCUT2D eigenvalue weighted by Gasteiger charge is -2.21.